The number of nitrogens with one attached hydrogen (secondary N) is 1. The minimum absolute atomic E-state index is 0.252. The summed E-state index contributed by atoms with van der Waals surface area (Å²) in [7, 11) is 2.04. The topological polar surface area (TPSA) is 63.3 Å². The molecule has 4 aliphatic rings. The molecule has 6 rings (SSSR count). The number of fused-ring (bicyclic) bond motifs is 3. The van der Waals surface area contributed by atoms with Crippen molar-refractivity contribution in [2.45, 2.75) is 56.9 Å². The van der Waals surface area contributed by atoms with Gasteiger partial charge in [-0.3, -0.25) is 14.4 Å². The predicted octanol–water partition coefficient (Wildman–Crippen LogP) is 3.55. The molecule has 2 aromatic heterocycles. The van der Waals surface area contributed by atoms with Crippen LogP contribution in [0.2, 0.25) is 0 Å². The van der Waals surface area contributed by atoms with Crippen molar-refractivity contribution in [1.82, 2.24) is 20.0 Å². The molecule has 1 N–H and O–H groups in total. The van der Waals surface area contributed by atoms with Crippen LogP contribution in [0.4, 0.5) is 0 Å². The maximum absolute atomic E-state index is 12.5. The van der Waals surface area contributed by atoms with E-state index in [9.17, 15) is 4.79 Å². The van der Waals surface area contributed by atoms with Crippen LogP contribution in [-0.2, 0) is 11.8 Å². The number of hydrogen-bond donors (Lipinski definition) is 1. The van der Waals surface area contributed by atoms with Crippen LogP contribution in [-0.4, -0.2) is 46.3 Å². The molecule has 1 saturated carbocycles. The highest BCUT2D eigenvalue weighted by atomic mass is 16.3. The van der Waals surface area contributed by atoms with Crippen LogP contribution in [0.15, 0.2) is 28.9 Å². The lowest BCUT2D eigenvalue weighted by atomic mass is 9.74. The molecule has 4 fully saturated rings. The van der Waals surface area contributed by atoms with Crippen molar-refractivity contribution in [2.24, 2.45) is 18.9 Å². The maximum Gasteiger partial charge on any atom is 0.223 e. The molecule has 2 bridgehead atoms. The fourth-order valence-corrected chi connectivity index (χ4v) is 5.79. The Hall–Kier alpha value is -2.08. The van der Waals surface area contributed by atoms with E-state index in [1.54, 1.807) is 6.26 Å². The van der Waals surface area contributed by atoms with Gasteiger partial charge in [0.05, 0.1) is 6.26 Å². The Morgan fingerprint density at radius 2 is 2.14 bits per heavy atom. The second-order valence-electron chi connectivity index (χ2n) is 9.18. The van der Waals surface area contributed by atoms with Gasteiger partial charge in [0.25, 0.3) is 0 Å². The first-order chi connectivity index (χ1) is 14.2. The quantitative estimate of drug-likeness (QED) is 0.839. The van der Waals surface area contributed by atoms with Crippen molar-refractivity contribution in [3.05, 3.63) is 30.2 Å². The first kappa shape index (κ1) is 18.9. The second-order valence-corrected chi connectivity index (χ2v) is 9.18. The number of furan rings is 1. The van der Waals surface area contributed by atoms with Crippen LogP contribution in [0.1, 0.15) is 56.6 Å². The van der Waals surface area contributed by atoms with E-state index >= 15 is 0 Å². The summed E-state index contributed by atoms with van der Waals surface area (Å²) in [4.78, 5) is 15.1. The summed E-state index contributed by atoms with van der Waals surface area (Å²) in [6.45, 7) is 3.02. The number of amides is 1. The molecule has 156 valence electrons. The summed E-state index contributed by atoms with van der Waals surface area (Å²) in [6, 6.07) is 6.55. The summed E-state index contributed by atoms with van der Waals surface area (Å²) >= 11 is 0. The number of rotatable bonds is 5. The Morgan fingerprint density at radius 3 is 2.86 bits per heavy atom. The van der Waals surface area contributed by atoms with Gasteiger partial charge in [-0.15, -0.1) is 0 Å². The Bertz CT molecular complexity index is 837. The number of aromatic nitrogens is 2. The van der Waals surface area contributed by atoms with Gasteiger partial charge < -0.3 is 9.73 Å². The molecule has 4 atom stereocenters. The average Bonchev–Trinajstić information content (AvgIpc) is 3.43. The van der Waals surface area contributed by atoms with E-state index in [1.807, 2.05) is 23.9 Å². The maximum atomic E-state index is 12.5. The van der Waals surface area contributed by atoms with Gasteiger partial charge in [0.1, 0.15) is 5.69 Å². The van der Waals surface area contributed by atoms with Crippen LogP contribution in [0, 0.1) is 11.8 Å². The van der Waals surface area contributed by atoms with Gasteiger partial charge in [-0.2, -0.15) is 5.10 Å². The van der Waals surface area contributed by atoms with Crippen molar-refractivity contribution >= 4 is 5.91 Å². The van der Waals surface area contributed by atoms with E-state index in [4.69, 9.17) is 4.42 Å². The zero-order chi connectivity index (χ0) is 19.8. The van der Waals surface area contributed by atoms with Gasteiger partial charge in [0, 0.05) is 43.7 Å². The Balaban J connectivity index is 1.22. The molecule has 1 amide bonds. The van der Waals surface area contributed by atoms with Crippen LogP contribution < -0.4 is 5.32 Å². The first-order valence-corrected chi connectivity index (χ1v) is 11.3. The van der Waals surface area contributed by atoms with Crippen molar-refractivity contribution in [3.63, 3.8) is 0 Å². The molecule has 0 radical (unpaired) electrons. The molecule has 6 heteroatoms. The molecule has 0 spiro atoms. The molecule has 1 aliphatic carbocycles. The number of hydrogen-bond acceptors (Lipinski definition) is 4. The third-order valence-corrected chi connectivity index (χ3v) is 7.44. The average molecular weight is 397 g/mol. The summed E-state index contributed by atoms with van der Waals surface area (Å²) in [5, 5.41) is 7.97. The van der Waals surface area contributed by atoms with Crippen LogP contribution in [0.5, 0.6) is 0 Å². The Kier molecular flexibility index (Phi) is 5.20. The van der Waals surface area contributed by atoms with Gasteiger partial charge in [0.2, 0.25) is 5.91 Å². The standard InChI is InChI=1S/C23H32N4O2/c1-26-21(13-20(25-26)22-8-5-11-29-22)19-15-27-10-9-17(19)12-18(27)14-24-23(28)16-6-3-2-4-7-16/h5,8,11,13,16-19H,2-4,6-7,9-10,12,14-15H2,1H3,(H,24,28). The van der Waals surface area contributed by atoms with Gasteiger partial charge in [-0.05, 0) is 56.3 Å². The van der Waals surface area contributed by atoms with E-state index < -0.39 is 0 Å². The molecule has 2 aromatic rings. The first-order valence-electron chi connectivity index (χ1n) is 11.3. The van der Waals surface area contributed by atoms with Gasteiger partial charge in [-0.1, -0.05) is 19.3 Å². The molecule has 0 aromatic carbocycles. The fourth-order valence-electron chi connectivity index (χ4n) is 5.79. The molecule has 4 unspecified atom stereocenters. The molecular formula is C23H32N4O2. The highest BCUT2D eigenvalue weighted by Crippen LogP contribution is 2.42. The molecule has 5 heterocycles. The highest BCUT2D eigenvalue weighted by molar-refractivity contribution is 5.78. The van der Waals surface area contributed by atoms with E-state index in [1.165, 1.54) is 31.4 Å². The number of piperidine rings is 3. The minimum Gasteiger partial charge on any atom is -0.463 e. The van der Waals surface area contributed by atoms with Gasteiger partial charge in [-0.25, -0.2) is 0 Å². The molecule has 29 heavy (non-hydrogen) atoms. The van der Waals surface area contributed by atoms with E-state index in [0.717, 1.165) is 50.4 Å². The monoisotopic (exact) mass is 396 g/mol. The summed E-state index contributed by atoms with van der Waals surface area (Å²) < 4.78 is 7.56. The van der Waals surface area contributed by atoms with Gasteiger partial charge in [0.15, 0.2) is 5.76 Å². The van der Waals surface area contributed by atoms with Crippen LogP contribution in [0.25, 0.3) is 11.5 Å². The van der Waals surface area contributed by atoms with Crippen molar-refractivity contribution < 1.29 is 9.21 Å². The second kappa shape index (κ2) is 7.98. The Morgan fingerprint density at radius 1 is 1.28 bits per heavy atom. The largest absolute Gasteiger partial charge is 0.463 e. The molecular weight excluding hydrogens is 364 g/mol. The highest BCUT2D eigenvalue weighted by Gasteiger charge is 2.42. The van der Waals surface area contributed by atoms with E-state index in [-0.39, 0.29) is 5.92 Å². The van der Waals surface area contributed by atoms with Crippen LogP contribution in [0.3, 0.4) is 0 Å². The number of carbonyl (C=O) groups is 1. The third kappa shape index (κ3) is 3.75. The SMILES string of the molecule is Cn1nc(-c2ccco2)cc1C1CN2CCC1CC2CNC(=O)C1CCCCC1. The van der Waals surface area contributed by atoms with Gasteiger partial charge >= 0.3 is 0 Å². The summed E-state index contributed by atoms with van der Waals surface area (Å²) in [5.41, 5.74) is 2.22. The summed E-state index contributed by atoms with van der Waals surface area (Å²) in [5.74, 6) is 2.54. The lowest BCUT2D eigenvalue weighted by Crippen LogP contribution is -2.56. The molecule has 3 saturated heterocycles. The van der Waals surface area contributed by atoms with E-state index in [2.05, 4.69) is 21.4 Å². The van der Waals surface area contributed by atoms with Crippen molar-refractivity contribution in [3.8, 4) is 11.5 Å². The fraction of sp³-hybridized carbons (Fsp3) is 0.652. The zero-order valence-electron chi connectivity index (χ0n) is 17.3. The van der Waals surface area contributed by atoms with Crippen molar-refractivity contribution in [1.29, 1.82) is 0 Å². The molecule has 6 nitrogen and oxygen atoms in total. The van der Waals surface area contributed by atoms with E-state index in [0.29, 0.717) is 23.8 Å². The predicted molar refractivity (Wildman–Crippen MR) is 111 cm³/mol. The number of carbonyl (C=O) groups excluding carboxylic acids is 1. The normalized spacial score (nSPS) is 29.8. The lowest BCUT2D eigenvalue weighted by molar-refractivity contribution is -0.126. The smallest absolute Gasteiger partial charge is 0.223 e. The summed E-state index contributed by atoms with van der Waals surface area (Å²) in [6.07, 6.45) is 9.95. The molecule has 3 aliphatic heterocycles. The van der Waals surface area contributed by atoms with Crippen LogP contribution >= 0.6 is 0 Å². The van der Waals surface area contributed by atoms with Crippen molar-refractivity contribution in [2.75, 3.05) is 19.6 Å². The third-order valence-electron chi connectivity index (χ3n) is 7.44. The lowest BCUT2D eigenvalue weighted by Gasteiger charge is -2.50. The zero-order valence-corrected chi connectivity index (χ0v) is 17.3. The number of aryl methyl sites for hydroxylation is 1. The Labute approximate surface area is 172 Å². The minimum atomic E-state index is 0.252. The number of nitrogens with zero attached hydrogens (tertiary/aromatic N) is 3.